The lowest BCUT2D eigenvalue weighted by molar-refractivity contribution is 0.568. The second-order valence-corrected chi connectivity index (χ2v) is 3.51. The van der Waals surface area contributed by atoms with E-state index in [2.05, 4.69) is 11.4 Å². The smallest absolute Gasteiger partial charge is 0.0981 e. The second-order valence-electron chi connectivity index (χ2n) is 2.52. The number of furan rings is 1. The SMILES string of the molecule is NCc1cc(-c2ccoc2)cs1. The molecule has 2 N–H and O–H groups in total. The highest BCUT2D eigenvalue weighted by Gasteiger charge is 2.01. The molecule has 0 saturated heterocycles. The van der Waals surface area contributed by atoms with Gasteiger partial charge in [0.2, 0.25) is 0 Å². The monoisotopic (exact) mass is 179 g/mol. The first-order chi connectivity index (χ1) is 5.90. The Hall–Kier alpha value is -1.06. The minimum absolute atomic E-state index is 0.614. The molecule has 0 radical (unpaired) electrons. The van der Waals surface area contributed by atoms with Crippen LogP contribution in [0.25, 0.3) is 11.1 Å². The number of hydrogen-bond donors (Lipinski definition) is 1. The molecule has 0 saturated carbocycles. The van der Waals surface area contributed by atoms with Gasteiger partial charge in [-0.25, -0.2) is 0 Å². The molecule has 2 aromatic heterocycles. The normalized spacial score (nSPS) is 10.4. The van der Waals surface area contributed by atoms with Gasteiger partial charge in [-0.3, -0.25) is 0 Å². The molecule has 62 valence electrons. The summed E-state index contributed by atoms with van der Waals surface area (Å²) in [6, 6.07) is 4.04. The molecule has 0 bridgehead atoms. The molecular formula is C9H9NOS. The zero-order chi connectivity index (χ0) is 8.39. The van der Waals surface area contributed by atoms with Crippen molar-refractivity contribution < 1.29 is 4.42 Å². The summed E-state index contributed by atoms with van der Waals surface area (Å²) in [5, 5.41) is 2.09. The number of thiophene rings is 1. The van der Waals surface area contributed by atoms with Crippen molar-refractivity contribution in [3.63, 3.8) is 0 Å². The summed E-state index contributed by atoms with van der Waals surface area (Å²) >= 11 is 1.68. The lowest BCUT2D eigenvalue weighted by atomic mass is 10.2. The van der Waals surface area contributed by atoms with Crippen LogP contribution in [0.1, 0.15) is 4.88 Å². The van der Waals surface area contributed by atoms with E-state index in [0.717, 1.165) is 5.56 Å². The van der Waals surface area contributed by atoms with Crippen LogP contribution < -0.4 is 5.73 Å². The Labute approximate surface area is 74.6 Å². The van der Waals surface area contributed by atoms with Crippen molar-refractivity contribution in [1.29, 1.82) is 0 Å². The van der Waals surface area contributed by atoms with Crippen LogP contribution in [0.4, 0.5) is 0 Å². The van der Waals surface area contributed by atoms with E-state index in [0.29, 0.717) is 6.54 Å². The Morgan fingerprint density at radius 2 is 2.33 bits per heavy atom. The molecule has 2 rings (SSSR count). The highest BCUT2D eigenvalue weighted by atomic mass is 32.1. The first-order valence-electron chi connectivity index (χ1n) is 3.70. The predicted molar refractivity (Wildman–Crippen MR) is 49.9 cm³/mol. The van der Waals surface area contributed by atoms with E-state index >= 15 is 0 Å². The molecule has 0 spiro atoms. The topological polar surface area (TPSA) is 39.2 Å². The maximum absolute atomic E-state index is 5.50. The molecule has 2 heterocycles. The average molecular weight is 179 g/mol. The zero-order valence-electron chi connectivity index (χ0n) is 6.49. The van der Waals surface area contributed by atoms with Crippen molar-refractivity contribution in [1.82, 2.24) is 0 Å². The largest absolute Gasteiger partial charge is 0.472 e. The molecule has 0 amide bonds. The third-order valence-electron chi connectivity index (χ3n) is 1.71. The van der Waals surface area contributed by atoms with Gasteiger partial charge in [0, 0.05) is 17.0 Å². The summed E-state index contributed by atoms with van der Waals surface area (Å²) in [6.45, 7) is 0.614. The standard InChI is InChI=1S/C9H9NOS/c10-4-9-3-8(6-12-9)7-1-2-11-5-7/h1-3,5-6H,4,10H2. The van der Waals surface area contributed by atoms with Gasteiger partial charge in [-0.05, 0) is 23.1 Å². The molecule has 0 aliphatic rings. The summed E-state index contributed by atoms with van der Waals surface area (Å²) in [4.78, 5) is 1.20. The summed E-state index contributed by atoms with van der Waals surface area (Å²) in [7, 11) is 0. The Kier molecular flexibility index (Phi) is 1.98. The van der Waals surface area contributed by atoms with Crippen LogP contribution in [0.3, 0.4) is 0 Å². The Morgan fingerprint density at radius 1 is 1.42 bits per heavy atom. The minimum Gasteiger partial charge on any atom is -0.472 e. The lowest BCUT2D eigenvalue weighted by Gasteiger charge is -1.86. The fourth-order valence-corrected chi connectivity index (χ4v) is 1.84. The Bertz CT molecular complexity index is 350. The van der Waals surface area contributed by atoms with E-state index < -0.39 is 0 Å². The van der Waals surface area contributed by atoms with Crippen molar-refractivity contribution in [2.24, 2.45) is 5.73 Å². The van der Waals surface area contributed by atoms with Crippen LogP contribution in [-0.2, 0) is 6.54 Å². The molecule has 2 aromatic rings. The van der Waals surface area contributed by atoms with Gasteiger partial charge in [0.1, 0.15) is 0 Å². The zero-order valence-corrected chi connectivity index (χ0v) is 7.30. The van der Waals surface area contributed by atoms with Crippen molar-refractivity contribution in [3.8, 4) is 11.1 Å². The van der Waals surface area contributed by atoms with E-state index in [4.69, 9.17) is 10.2 Å². The van der Waals surface area contributed by atoms with Crippen LogP contribution >= 0.6 is 11.3 Å². The number of nitrogens with two attached hydrogens (primary N) is 1. The van der Waals surface area contributed by atoms with E-state index in [9.17, 15) is 0 Å². The van der Waals surface area contributed by atoms with Gasteiger partial charge in [0.15, 0.2) is 0 Å². The summed E-state index contributed by atoms with van der Waals surface area (Å²) < 4.78 is 4.99. The van der Waals surface area contributed by atoms with Gasteiger partial charge >= 0.3 is 0 Å². The molecule has 0 unspecified atom stereocenters. The Morgan fingerprint density at radius 3 is 2.92 bits per heavy atom. The third kappa shape index (κ3) is 1.29. The van der Waals surface area contributed by atoms with Crippen LogP contribution in [0, 0.1) is 0 Å². The van der Waals surface area contributed by atoms with Crippen molar-refractivity contribution in [3.05, 3.63) is 34.9 Å². The average Bonchev–Trinajstić information content (AvgIpc) is 2.75. The lowest BCUT2D eigenvalue weighted by Crippen LogP contribution is -1.91. The van der Waals surface area contributed by atoms with Crippen molar-refractivity contribution in [2.45, 2.75) is 6.54 Å². The molecule has 2 nitrogen and oxygen atoms in total. The van der Waals surface area contributed by atoms with Crippen LogP contribution in [0.2, 0.25) is 0 Å². The van der Waals surface area contributed by atoms with E-state index in [1.807, 2.05) is 6.07 Å². The van der Waals surface area contributed by atoms with Gasteiger partial charge in [0.25, 0.3) is 0 Å². The van der Waals surface area contributed by atoms with Gasteiger partial charge < -0.3 is 10.2 Å². The second kappa shape index (κ2) is 3.13. The summed E-state index contributed by atoms with van der Waals surface area (Å²) in [5.41, 5.74) is 7.81. The fourth-order valence-electron chi connectivity index (χ4n) is 1.07. The highest BCUT2D eigenvalue weighted by Crippen LogP contribution is 2.25. The molecule has 0 aliphatic heterocycles. The highest BCUT2D eigenvalue weighted by molar-refractivity contribution is 7.10. The van der Waals surface area contributed by atoms with Gasteiger partial charge in [-0.2, -0.15) is 0 Å². The molecule has 0 aliphatic carbocycles. The van der Waals surface area contributed by atoms with Crippen LogP contribution in [-0.4, -0.2) is 0 Å². The van der Waals surface area contributed by atoms with E-state index in [1.54, 1.807) is 23.9 Å². The number of hydrogen-bond acceptors (Lipinski definition) is 3. The van der Waals surface area contributed by atoms with Gasteiger partial charge in [-0.15, -0.1) is 11.3 Å². The molecule has 3 heteroatoms. The van der Waals surface area contributed by atoms with Crippen LogP contribution in [0.15, 0.2) is 34.5 Å². The maximum Gasteiger partial charge on any atom is 0.0981 e. The summed E-state index contributed by atoms with van der Waals surface area (Å²) in [5.74, 6) is 0. The van der Waals surface area contributed by atoms with E-state index in [-0.39, 0.29) is 0 Å². The minimum atomic E-state index is 0.614. The maximum atomic E-state index is 5.50. The Balaban J connectivity index is 2.35. The van der Waals surface area contributed by atoms with Crippen LogP contribution in [0.5, 0.6) is 0 Å². The quantitative estimate of drug-likeness (QED) is 0.769. The predicted octanol–water partition coefficient (Wildman–Crippen LogP) is 2.47. The van der Waals surface area contributed by atoms with Crippen molar-refractivity contribution >= 4 is 11.3 Å². The van der Waals surface area contributed by atoms with E-state index in [1.165, 1.54) is 10.4 Å². The van der Waals surface area contributed by atoms with Gasteiger partial charge in [0.05, 0.1) is 12.5 Å². The fraction of sp³-hybridized carbons (Fsp3) is 0.111. The van der Waals surface area contributed by atoms with Crippen molar-refractivity contribution in [2.75, 3.05) is 0 Å². The number of rotatable bonds is 2. The molecular weight excluding hydrogens is 170 g/mol. The molecule has 0 aromatic carbocycles. The molecule has 0 atom stereocenters. The first kappa shape index (κ1) is 7.58. The molecule has 12 heavy (non-hydrogen) atoms. The first-order valence-corrected chi connectivity index (χ1v) is 4.58. The van der Waals surface area contributed by atoms with Gasteiger partial charge in [-0.1, -0.05) is 0 Å². The molecule has 0 fully saturated rings. The summed E-state index contributed by atoms with van der Waals surface area (Å²) in [6.07, 6.45) is 3.41. The third-order valence-corrected chi connectivity index (χ3v) is 2.67.